The van der Waals surface area contributed by atoms with Gasteiger partial charge in [-0.3, -0.25) is 4.79 Å². The number of thiophene rings is 1. The Kier molecular flexibility index (Phi) is 4.84. The third-order valence-corrected chi connectivity index (χ3v) is 5.63. The number of amides is 1. The van der Waals surface area contributed by atoms with Gasteiger partial charge in [-0.25, -0.2) is 4.68 Å². The van der Waals surface area contributed by atoms with Crippen molar-refractivity contribution in [3.8, 4) is 0 Å². The van der Waals surface area contributed by atoms with E-state index < -0.39 is 24.2 Å². The van der Waals surface area contributed by atoms with Gasteiger partial charge in [0.15, 0.2) is 11.7 Å². The van der Waals surface area contributed by atoms with Crippen LogP contribution in [0.1, 0.15) is 39.6 Å². The lowest BCUT2D eigenvalue weighted by atomic mass is 10.0. The molecule has 6 nitrogen and oxygen atoms in total. The number of nitrogens with one attached hydrogen (secondary N) is 2. The van der Waals surface area contributed by atoms with Crippen molar-refractivity contribution in [3.05, 3.63) is 57.3 Å². The van der Waals surface area contributed by atoms with Crippen molar-refractivity contribution in [1.82, 2.24) is 15.1 Å². The van der Waals surface area contributed by atoms with Gasteiger partial charge in [-0.2, -0.15) is 18.3 Å². The van der Waals surface area contributed by atoms with Gasteiger partial charge < -0.3 is 15.1 Å². The Morgan fingerprint density at radius 1 is 1.43 bits per heavy atom. The van der Waals surface area contributed by atoms with Crippen molar-refractivity contribution in [3.63, 3.8) is 0 Å². The van der Waals surface area contributed by atoms with E-state index in [1.807, 2.05) is 17.5 Å². The number of hydrogen-bond acceptors (Lipinski definition) is 5. The average molecular weight is 431 g/mol. The molecule has 148 valence electrons. The predicted octanol–water partition coefficient (Wildman–Crippen LogP) is 4.78. The summed E-state index contributed by atoms with van der Waals surface area (Å²) < 4.78 is 46.9. The summed E-state index contributed by atoms with van der Waals surface area (Å²) in [4.78, 5) is 13.4. The number of fused-ring (bicyclic) bond motifs is 1. The van der Waals surface area contributed by atoms with Gasteiger partial charge in [-0.1, -0.05) is 17.7 Å². The molecule has 3 aromatic heterocycles. The minimum atomic E-state index is -4.57. The molecule has 2 unspecified atom stereocenters. The first-order chi connectivity index (χ1) is 13.3. The van der Waals surface area contributed by atoms with Crippen molar-refractivity contribution < 1.29 is 22.4 Å². The zero-order valence-electron chi connectivity index (χ0n) is 14.2. The molecule has 1 amide bonds. The highest BCUT2D eigenvalue weighted by Gasteiger charge is 2.48. The fourth-order valence-corrected chi connectivity index (χ4v) is 3.98. The SMILES string of the molecule is O=C(NCc1cccs1)c1nn2c(c1Cl)NC(c1ccco1)CC2C(F)(F)F. The number of halogens is 4. The van der Waals surface area contributed by atoms with Crippen LogP contribution in [-0.4, -0.2) is 21.9 Å². The van der Waals surface area contributed by atoms with Crippen molar-refractivity contribution in [2.75, 3.05) is 5.32 Å². The second kappa shape index (κ2) is 7.17. The summed E-state index contributed by atoms with van der Waals surface area (Å²) in [5.74, 6) is -0.350. The van der Waals surface area contributed by atoms with Gasteiger partial charge >= 0.3 is 6.18 Å². The molecule has 1 aliphatic rings. The van der Waals surface area contributed by atoms with Crippen molar-refractivity contribution in [2.45, 2.75) is 31.2 Å². The van der Waals surface area contributed by atoms with Crippen LogP contribution in [0.3, 0.4) is 0 Å². The fraction of sp³-hybridized carbons (Fsp3) is 0.294. The Hall–Kier alpha value is -2.46. The molecule has 2 atom stereocenters. The first kappa shape index (κ1) is 18.9. The molecule has 0 aromatic carbocycles. The molecule has 11 heteroatoms. The summed E-state index contributed by atoms with van der Waals surface area (Å²) in [6.45, 7) is 0.236. The van der Waals surface area contributed by atoms with E-state index in [0.29, 0.717) is 5.76 Å². The first-order valence-corrected chi connectivity index (χ1v) is 9.55. The maximum absolute atomic E-state index is 13.6. The normalized spacial score (nSPS) is 19.1. The molecule has 28 heavy (non-hydrogen) atoms. The van der Waals surface area contributed by atoms with E-state index in [1.54, 1.807) is 12.1 Å². The molecule has 1 aliphatic heterocycles. The van der Waals surface area contributed by atoms with E-state index in [1.165, 1.54) is 17.6 Å². The Labute approximate surface area is 166 Å². The van der Waals surface area contributed by atoms with Crippen LogP contribution in [0.4, 0.5) is 19.0 Å². The van der Waals surface area contributed by atoms with Crippen LogP contribution in [0.5, 0.6) is 0 Å². The first-order valence-electron chi connectivity index (χ1n) is 8.30. The van der Waals surface area contributed by atoms with Gasteiger partial charge in [-0.05, 0) is 23.6 Å². The quantitative estimate of drug-likeness (QED) is 0.624. The zero-order valence-corrected chi connectivity index (χ0v) is 15.7. The van der Waals surface area contributed by atoms with Gasteiger partial charge in [0.2, 0.25) is 0 Å². The highest BCUT2D eigenvalue weighted by atomic mass is 35.5. The van der Waals surface area contributed by atoms with E-state index in [2.05, 4.69) is 15.7 Å². The summed E-state index contributed by atoms with van der Waals surface area (Å²) in [7, 11) is 0. The minimum Gasteiger partial charge on any atom is -0.467 e. The van der Waals surface area contributed by atoms with Crippen LogP contribution in [0.2, 0.25) is 5.02 Å². The largest absolute Gasteiger partial charge is 0.467 e. The molecule has 0 saturated heterocycles. The van der Waals surface area contributed by atoms with E-state index in [4.69, 9.17) is 16.0 Å². The number of carbonyl (C=O) groups is 1. The van der Waals surface area contributed by atoms with E-state index >= 15 is 0 Å². The molecule has 4 rings (SSSR count). The smallest absolute Gasteiger partial charge is 0.410 e. The van der Waals surface area contributed by atoms with Gasteiger partial charge in [0.1, 0.15) is 16.6 Å². The molecule has 2 N–H and O–H groups in total. The molecule has 0 radical (unpaired) electrons. The van der Waals surface area contributed by atoms with Crippen molar-refractivity contribution in [1.29, 1.82) is 0 Å². The van der Waals surface area contributed by atoms with Gasteiger partial charge in [0, 0.05) is 11.3 Å². The molecule has 0 spiro atoms. The maximum Gasteiger partial charge on any atom is 0.410 e. The number of alkyl halides is 3. The Morgan fingerprint density at radius 3 is 2.89 bits per heavy atom. The highest BCUT2D eigenvalue weighted by molar-refractivity contribution is 7.09. The van der Waals surface area contributed by atoms with Crippen LogP contribution >= 0.6 is 22.9 Å². The Morgan fingerprint density at radius 2 is 2.25 bits per heavy atom. The summed E-state index contributed by atoms with van der Waals surface area (Å²) in [5, 5.41) is 11.1. The second-order valence-electron chi connectivity index (χ2n) is 6.22. The lowest BCUT2D eigenvalue weighted by molar-refractivity contribution is -0.174. The van der Waals surface area contributed by atoms with Crippen LogP contribution < -0.4 is 10.6 Å². The summed E-state index contributed by atoms with van der Waals surface area (Å²) in [6, 6.07) is 4.16. The number of rotatable bonds is 4. The lowest BCUT2D eigenvalue weighted by Crippen LogP contribution is -2.35. The lowest BCUT2D eigenvalue weighted by Gasteiger charge is -2.32. The summed E-state index contributed by atoms with van der Waals surface area (Å²) >= 11 is 7.69. The minimum absolute atomic E-state index is 0.0575. The number of furan rings is 1. The average Bonchev–Trinajstić information content (AvgIpc) is 3.40. The molecular formula is C17H14ClF3N4O2S. The molecule has 0 bridgehead atoms. The topological polar surface area (TPSA) is 72.1 Å². The number of nitrogens with zero attached hydrogens (tertiary/aromatic N) is 2. The summed E-state index contributed by atoms with van der Waals surface area (Å²) in [5.41, 5.74) is -0.255. The highest BCUT2D eigenvalue weighted by Crippen LogP contribution is 2.46. The standard InChI is InChI=1S/C17H14ClF3N4O2S/c18-13-14(16(26)22-8-9-3-2-6-28-9)24-25-12(17(19,20)21)7-10(23-15(13)25)11-4-1-5-27-11/h1-6,10,12,23H,7-8H2,(H,22,26). The van der Waals surface area contributed by atoms with Crippen molar-refractivity contribution >= 4 is 34.7 Å². The van der Waals surface area contributed by atoms with Crippen LogP contribution in [0.25, 0.3) is 0 Å². The Balaban J connectivity index is 1.65. The van der Waals surface area contributed by atoms with E-state index in [-0.39, 0.29) is 29.5 Å². The number of aromatic nitrogens is 2. The summed E-state index contributed by atoms with van der Waals surface area (Å²) in [6.07, 6.45) is -3.52. The van der Waals surface area contributed by atoms with Gasteiger partial charge in [-0.15, -0.1) is 11.3 Å². The molecule has 0 fully saturated rings. The molecular weight excluding hydrogens is 417 g/mol. The third kappa shape index (κ3) is 3.49. The fourth-order valence-electron chi connectivity index (χ4n) is 3.07. The molecule has 0 aliphatic carbocycles. The monoisotopic (exact) mass is 430 g/mol. The number of hydrogen-bond donors (Lipinski definition) is 2. The number of anilines is 1. The van der Waals surface area contributed by atoms with Crippen LogP contribution in [0.15, 0.2) is 40.3 Å². The maximum atomic E-state index is 13.6. The third-order valence-electron chi connectivity index (χ3n) is 4.40. The Bertz CT molecular complexity index is 970. The number of carbonyl (C=O) groups excluding carboxylic acids is 1. The zero-order chi connectivity index (χ0) is 19.9. The van der Waals surface area contributed by atoms with E-state index in [9.17, 15) is 18.0 Å². The van der Waals surface area contributed by atoms with E-state index in [0.717, 1.165) is 9.56 Å². The predicted molar refractivity (Wildman–Crippen MR) is 97.5 cm³/mol. The van der Waals surface area contributed by atoms with Gasteiger partial charge in [0.25, 0.3) is 5.91 Å². The molecule has 3 aromatic rings. The molecule has 4 heterocycles. The van der Waals surface area contributed by atoms with Crippen LogP contribution in [-0.2, 0) is 6.54 Å². The molecule has 0 saturated carbocycles. The second-order valence-corrected chi connectivity index (χ2v) is 7.63. The van der Waals surface area contributed by atoms with Gasteiger partial charge in [0.05, 0.1) is 18.8 Å². The van der Waals surface area contributed by atoms with Crippen molar-refractivity contribution in [2.24, 2.45) is 0 Å². The van der Waals surface area contributed by atoms with Crippen LogP contribution in [0, 0.1) is 0 Å².